The van der Waals surface area contributed by atoms with Crippen LogP contribution in [-0.4, -0.2) is 11.3 Å². The van der Waals surface area contributed by atoms with Gasteiger partial charge >= 0.3 is 0 Å². The SMILES string of the molecule is C=C1N(c2ccccc2Cl)C(=O)C[C@@H](C(C)Cl)C1(C)C. The van der Waals surface area contributed by atoms with Crippen LogP contribution in [-0.2, 0) is 4.79 Å². The molecule has 1 aliphatic heterocycles. The van der Waals surface area contributed by atoms with Crippen molar-refractivity contribution in [2.45, 2.75) is 32.6 Å². The lowest BCUT2D eigenvalue weighted by Crippen LogP contribution is -2.49. The van der Waals surface area contributed by atoms with Gasteiger partial charge in [-0.25, -0.2) is 0 Å². The number of anilines is 1. The molecule has 0 radical (unpaired) electrons. The van der Waals surface area contributed by atoms with E-state index in [1.165, 1.54) is 0 Å². The lowest BCUT2D eigenvalue weighted by atomic mass is 9.70. The molecule has 0 aliphatic carbocycles. The first kappa shape index (κ1) is 15.4. The third-order valence-corrected chi connectivity index (χ3v) is 4.86. The minimum absolute atomic E-state index is 0.0000694. The molecule has 4 heteroatoms. The Morgan fingerprint density at radius 1 is 1.40 bits per heavy atom. The van der Waals surface area contributed by atoms with Crippen molar-refractivity contribution in [1.29, 1.82) is 0 Å². The van der Waals surface area contributed by atoms with Gasteiger partial charge in [-0.1, -0.05) is 44.2 Å². The maximum Gasteiger partial charge on any atom is 0.231 e. The number of alkyl halides is 1. The number of allylic oxidation sites excluding steroid dienone is 1. The molecular weight excluding hydrogens is 293 g/mol. The number of rotatable bonds is 2. The summed E-state index contributed by atoms with van der Waals surface area (Å²) in [4.78, 5) is 14.1. The average molecular weight is 312 g/mol. The highest BCUT2D eigenvalue weighted by atomic mass is 35.5. The Morgan fingerprint density at radius 3 is 2.55 bits per heavy atom. The molecule has 1 heterocycles. The van der Waals surface area contributed by atoms with Crippen molar-refractivity contribution in [2.75, 3.05) is 4.90 Å². The van der Waals surface area contributed by atoms with Gasteiger partial charge in [0.05, 0.1) is 10.7 Å². The second-order valence-corrected chi connectivity index (χ2v) is 6.93. The van der Waals surface area contributed by atoms with Crippen molar-refractivity contribution in [2.24, 2.45) is 11.3 Å². The Morgan fingerprint density at radius 2 is 2.00 bits per heavy atom. The molecule has 2 atom stereocenters. The number of carbonyl (C=O) groups is 1. The van der Waals surface area contributed by atoms with Gasteiger partial charge in [-0.2, -0.15) is 0 Å². The summed E-state index contributed by atoms with van der Waals surface area (Å²) in [6.07, 6.45) is 0.405. The van der Waals surface area contributed by atoms with Gasteiger partial charge in [-0.15, -0.1) is 11.6 Å². The molecule has 1 unspecified atom stereocenters. The van der Waals surface area contributed by atoms with Gasteiger partial charge in [0.2, 0.25) is 5.91 Å². The van der Waals surface area contributed by atoms with Crippen molar-refractivity contribution in [3.05, 3.63) is 41.6 Å². The van der Waals surface area contributed by atoms with Crippen molar-refractivity contribution in [3.8, 4) is 0 Å². The molecule has 108 valence electrons. The molecule has 1 amide bonds. The van der Waals surface area contributed by atoms with Crippen LogP contribution in [0.4, 0.5) is 5.69 Å². The number of nitrogens with zero attached hydrogens (tertiary/aromatic N) is 1. The van der Waals surface area contributed by atoms with Crippen molar-refractivity contribution in [3.63, 3.8) is 0 Å². The number of hydrogen-bond donors (Lipinski definition) is 0. The molecule has 0 saturated carbocycles. The molecule has 2 nitrogen and oxygen atoms in total. The minimum Gasteiger partial charge on any atom is -0.283 e. The summed E-state index contributed by atoms with van der Waals surface area (Å²) in [5.41, 5.74) is 1.19. The van der Waals surface area contributed by atoms with E-state index in [0.717, 1.165) is 5.70 Å². The Kier molecular flexibility index (Phi) is 4.17. The monoisotopic (exact) mass is 311 g/mol. The molecule has 1 aliphatic rings. The predicted octanol–water partition coefficient (Wildman–Crippen LogP) is 4.86. The van der Waals surface area contributed by atoms with E-state index in [-0.39, 0.29) is 22.6 Å². The zero-order valence-electron chi connectivity index (χ0n) is 12.0. The second kappa shape index (κ2) is 5.42. The molecule has 1 fully saturated rings. The number of para-hydroxylation sites is 1. The summed E-state index contributed by atoms with van der Waals surface area (Å²) in [7, 11) is 0. The summed E-state index contributed by atoms with van der Waals surface area (Å²) in [5, 5.41) is 0.467. The quantitative estimate of drug-likeness (QED) is 0.714. The maximum absolute atomic E-state index is 12.5. The van der Waals surface area contributed by atoms with Crippen LogP contribution in [0.5, 0.6) is 0 Å². The third kappa shape index (κ3) is 2.47. The molecule has 1 aromatic rings. The summed E-state index contributed by atoms with van der Waals surface area (Å²) >= 11 is 12.5. The molecule has 2 rings (SSSR count). The smallest absolute Gasteiger partial charge is 0.231 e. The van der Waals surface area contributed by atoms with E-state index in [0.29, 0.717) is 17.1 Å². The van der Waals surface area contributed by atoms with Crippen LogP contribution in [0.2, 0.25) is 5.02 Å². The summed E-state index contributed by atoms with van der Waals surface area (Å²) < 4.78 is 0. The van der Waals surface area contributed by atoms with Crippen molar-refractivity contribution < 1.29 is 4.79 Å². The Balaban J connectivity index is 2.45. The molecule has 20 heavy (non-hydrogen) atoms. The van der Waals surface area contributed by atoms with Crippen molar-refractivity contribution in [1.82, 2.24) is 0 Å². The highest BCUT2D eigenvalue weighted by Gasteiger charge is 2.45. The van der Waals surface area contributed by atoms with E-state index in [4.69, 9.17) is 23.2 Å². The molecule has 0 aromatic heterocycles. The predicted molar refractivity (Wildman–Crippen MR) is 85.3 cm³/mol. The molecule has 0 bridgehead atoms. The van der Waals surface area contributed by atoms with E-state index >= 15 is 0 Å². The van der Waals surface area contributed by atoms with Crippen LogP contribution in [0.15, 0.2) is 36.5 Å². The first-order chi connectivity index (χ1) is 9.26. The molecule has 1 aromatic carbocycles. The van der Waals surface area contributed by atoms with E-state index < -0.39 is 0 Å². The lowest BCUT2D eigenvalue weighted by Gasteiger charge is -2.47. The lowest BCUT2D eigenvalue weighted by molar-refractivity contribution is -0.121. The third-order valence-electron chi connectivity index (χ3n) is 4.23. The van der Waals surface area contributed by atoms with Gasteiger partial charge in [-0.05, 0) is 25.0 Å². The van der Waals surface area contributed by atoms with E-state index in [1.54, 1.807) is 11.0 Å². The molecule has 0 N–H and O–H groups in total. The van der Waals surface area contributed by atoms with Crippen LogP contribution in [0.25, 0.3) is 0 Å². The number of halogens is 2. The Bertz CT molecular complexity index is 551. The fourth-order valence-electron chi connectivity index (χ4n) is 2.84. The van der Waals surface area contributed by atoms with Gasteiger partial charge < -0.3 is 0 Å². The van der Waals surface area contributed by atoms with Gasteiger partial charge in [0.15, 0.2) is 0 Å². The number of benzene rings is 1. The standard InChI is InChI=1S/C16H19Cl2NO/c1-10(17)12-9-15(20)19(11(2)16(12,3)4)14-8-6-5-7-13(14)18/h5-8,10,12H,2,9H2,1,3-4H3/t10?,12-/m0/s1. The normalized spacial score (nSPS) is 23.9. The van der Waals surface area contributed by atoms with Crippen LogP contribution in [0.3, 0.4) is 0 Å². The van der Waals surface area contributed by atoms with Crippen LogP contribution in [0.1, 0.15) is 27.2 Å². The van der Waals surface area contributed by atoms with E-state index in [1.807, 2.05) is 25.1 Å². The summed E-state index contributed by atoms with van der Waals surface area (Å²) in [6.45, 7) is 10.2. The zero-order chi connectivity index (χ0) is 15.1. The largest absolute Gasteiger partial charge is 0.283 e. The fourth-order valence-corrected chi connectivity index (χ4v) is 3.46. The number of amides is 1. The number of hydrogen-bond acceptors (Lipinski definition) is 1. The van der Waals surface area contributed by atoms with Gasteiger partial charge in [0, 0.05) is 22.9 Å². The topological polar surface area (TPSA) is 20.3 Å². The van der Waals surface area contributed by atoms with Crippen LogP contribution in [0, 0.1) is 11.3 Å². The maximum atomic E-state index is 12.5. The van der Waals surface area contributed by atoms with E-state index in [9.17, 15) is 4.79 Å². The Hall–Kier alpha value is -0.990. The van der Waals surface area contributed by atoms with Gasteiger partial charge in [0.1, 0.15) is 0 Å². The minimum atomic E-state index is -0.256. The summed E-state index contributed by atoms with van der Waals surface area (Å²) in [5.74, 6) is 0.0721. The molecule has 0 spiro atoms. The van der Waals surface area contributed by atoms with Gasteiger partial charge in [-0.3, -0.25) is 9.69 Å². The van der Waals surface area contributed by atoms with E-state index in [2.05, 4.69) is 20.4 Å². The fraction of sp³-hybridized carbons (Fsp3) is 0.438. The van der Waals surface area contributed by atoms with Crippen LogP contribution >= 0.6 is 23.2 Å². The first-order valence-corrected chi connectivity index (χ1v) is 7.49. The second-order valence-electron chi connectivity index (χ2n) is 5.84. The van der Waals surface area contributed by atoms with Crippen molar-refractivity contribution >= 4 is 34.8 Å². The Labute approximate surface area is 130 Å². The average Bonchev–Trinajstić information content (AvgIpc) is 2.36. The number of carbonyl (C=O) groups excluding carboxylic acids is 1. The highest BCUT2D eigenvalue weighted by Crippen LogP contribution is 2.47. The zero-order valence-corrected chi connectivity index (χ0v) is 13.5. The summed E-state index contributed by atoms with van der Waals surface area (Å²) in [6, 6.07) is 7.33. The van der Waals surface area contributed by atoms with Gasteiger partial charge in [0.25, 0.3) is 0 Å². The first-order valence-electron chi connectivity index (χ1n) is 6.67. The molecular formula is C16H19Cl2NO. The highest BCUT2D eigenvalue weighted by molar-refractivity contribution is 6.34. The molecule has 1 saturated heterocycles. The van der Waals surface area contributed by atoms with Crippen LogP contribution < -0.4 is 4.90 Å². The number of piperidine rings is 1.